The van der Waals surface area contributed by atoms with Crippen molar-refractivity contribution in [3.63, 3.8) is 0 Å². The maximum absolute atomic E-state index is 5.43. The Morgan fingerprint density at radius 2 is 0.760 bits per heavy atom. The van der Waals surface area contributed by atoms with Gasteiger partial charge in [0.25, 0.3) is 0 Å². The Labute approximate surface area is 601 Å². The second kappa shape index (κ2) is 24.0. The van der Waals surface area contributed by atoms with Gasteiger partial charge in [0.2, 0.25) is 0 Å². The van der Waals surface area contributed by atoms with E-state index in [-0.39, 0.29) is 12.0 Å². The van der Waals surface area contributed by atoms with Crippen LogP contribution in [-0.4, -0.2) is 30.5 Å². The van der Waals surface area contributed by atoms with Crippen LogP contribution in [-0.2, 0) is 0 Å². The van der Waals surface area contributed by atoms with Crippen LogP contribution in [0.5, 0.6) is 0 Å². The molecule has 104 heavy (non-hydrogen) atoms. The minimum atomic E-state index is 0.100. The fraction of sp³-hybridized carbons (Fsp3) is 0.0204. The summed E-state index contributed by atoms with van der Waals surface area (Å²) in [4.78, 5) is 24.0. The lowest BCUT2D eigenvalue weighted by atomic mass is 9.80. The van der Waals surface area contributed by atoms with Crippen molar-refractivity contribution in [3.05, 3.63) is 375 Å². The summed E-state index contributed by atoms with van der Waals surface area (Å²) in [5.41, 5.74) is 23.7. The number of anilines is 2. The van der Waals surface area contributed by atoms with E-state index in [4.69, 9.17) is 19.9 Å². The van der Waals surface area contributed by atoms with Gasteiger partial charge in [0.15, 0.2) is 11.6 Å². The van der Waals surface area contributed by atoms with Gasteiger partial charge in [-0.3, -0.25) is 0 Å². The molecule has 0 saturated heterocycles. The minimum absolute atomic E-state index is 0.100. The lowest BCUT2D eigenvalue weighted by Gasteiger charge is -2.31. The molecule has 2 unspecified atom stereocenters. The van der Waals surface area contributed by atoms with Gasteiger partial charge >= 0.3 is 0 Å². The van der Waals surface area contributed by atoms with Crippen LogP contribution < -0.4 is 4.90 Å². The van der Waals surface area contributed by atoms with Gasteiger partial charge in [-0.2, -0.15) is 0 Å². The molecule has 0 spiro atoms. The van der Waals surface area contributed by atoms with Crippen LogP contribution >= 0.6 is 0 Å². The molecule has 1 aliphatic carbocycles. The van der Waals surface area contributed by atoms with Crippen LogP contribution in [0.2, 0.25) is 0 Å². The maximum Gasteiger partial charge on any atom is 0.160 e. The van der Waals surface area contributed by atoms with E-state index in [1.165, 1.54) is 81.6 Å². The van der Waals surface area contributed by atoms with Gasteiger partial charge in [0.1, 0.15) is 0 Å². The Morgan fingerprint density at radius 3 is 1.46 bits per heavy atom. The summed E-state index contributed by atoms with van der Waals surface area (Å²) in [5, 5.41) is 14.5. The number of aromatic nitrogens is 5. The van der Waals surface area contributed by atoms with E-state index >= 15 is 0 Å². The van der Waals surface area contributed by atoms with Crippen molar-refractivity contribution >= 4 is 93.1 Å². The summed E-state index contributed by atoms with van der Waals surface area (Å²) in [6.45, 7) is 0. The molecule has 6 nitrogen and oxygen atoms in total. The largest absolute Gasteiger partial charge is 0.333 e. The summed E-state index contributed by atoms with van der Waals surface area (Å²) < 4.78 is 2.49. The minimum Gasteiger partial charge on any atom is -0.333 e. The first-order valence-electron chi connectivity index (χ1n) is 35.7. The molecule has 2 aliphatic rings. The zero-order valence-corrected chi connectivity index (χ0v) is 56.5. The molecule has 0 amide bonds. The van der Waals surface area contributed by atoms with Gasteiger partial charge < -0.3 is 9.47 Å². The van der Waals surface area contributed by atoms with Crippen LogP contribution in [0, 0.1) is 0 Å². The first-order chi connectivity index (χ1) is 51.5. The Bertz CT molecular complexity index is 6630. The molecule has 6 heteroatoms. The standard InChI is InChI=1S/C98H62N6/c1-2-22-69(23-3-1)85-59-87(75-27-16-28-79(57-75)103-89-52-47-65-19-8-12-29-80(65)92(89)93-81-30-13-9-20-66(81)48-53-90(93)103)101-97(99-85)71-41-35-64(36-42-71)63-33-39-68(40-34-63)84-58-74-26-11-15-32-83(74)95-94-82-31-14-10-21-67(82)49-54-91(94)104(96(84)95)78-50-45-70(46-51-78)86-60-88(76-43-37-61-17-4-6-24-72(61)55-76)102-98(100-86)77-44-38-62-18-5-7-25-73(62)56-77/h1-60,89,92H. The van der Waals surface area contributed by atoms with E-state index in [1.54, 1.807) is 0 Å². The highest BCUT2D eigenvalue weighted by molar-refractivity contribution is 6.31. The molecule has 3 aromatic heterocycles. The molecular formula is C98H62N6. The molecule has 0 saturated carbocycles. The number of hydrogen-bond donors (Lipinski definition) is 0. The summed E-state index contributed by atoms with van der Waals surface area (Å²) in [5.74, 6) is 1.53. The predicted octanol–water partition coefficient (Wildman–Crippen LogP) is 25.1. The highest BCUT2D eigenvalue weighted by Crippen LogP contribution is 2.54. The molecular weight excluding hydrogens is 1260 g/mol. The molecule has 0 N–H and O–H groups in total. The average Bonchev–Trinajstić information content (AvgIpc) is 1.57. The van der Waals surface area contributed by atoms with Crippen molar-refractivity contribution in [3.8, 4) is 95.7 Å². The monoisotopic (exact) mass is 1320 g/mol. The van der Waals surface area contributed by atoms with E-state index in [2.05, 4.69) is 373 Å². The number of fused-ring (bicyclic) bond motifs is 16. The van der Waals surface area contributed by atoms with Crippen molar-refractivity contribution in [1.29, 1.82) is 0 Å². The third-order valence-corrected chi connectivity index (χ3v) is 21.7. The van der Waals surface area contributed by atoms with Crippen LogP contribution in [0.4, 0.5) is 11.4 Å². The van der Waals surface area contributed by atoms with Crippen molar-refractivity contribution in [2.24, 2.45) is 0 Å². The van der Waals surface area contributed by atoms with Crippen molar-refractivity contribution < 1.29 is 0 Å². The lowest BCUT2D eigenvalue weighted by Crippen LogP contribution is -2.30. The molecule has 19 aromatic rings. The molecule has 21 rings (SSSR count). The Kier molecular flexibility index (Phi) is 13.7. The molecule has 1 aliphatic heterocycles. The number of benzene rings is 16. The van der Waals surface area contributed by atoms with Crippen molar-refractivity contribution in [1.82, 2.24) is 24.5 Å². The van der Waals surface area contributed by atoms with E-state index in [0.717, 1.165) is 106 Å². The Balaban J connectivity index is 0.647. The molecule has 4 heterocycles. The smallest absolute Gasteiger partial charge is 0.160 e. The third-order valence-electron chi connectivity index (χ3n) is 21.7. The van der Waals surface area contributed by atoms with Crippen LogP contribution in [0.15, 0.2) is 358 Å². The SMILES string of the molecule is C1=CC2C(c3ccccc31)c1c(ccc3ccccc13)N2c1cccc(-c2cc(-c3ccccc3)nc(-c3ccc(-c4ccc(-c5cc6ccccc6c6c7c8ccccc8ccc7n(-c7ccc(-c8cc(-c9ccc%10ccccc%10c9)nc(-c9ccc%10ccccc%10c9)n8)cc7)c56)cc4)cc3)n2)c1. The van der Waals surface area contributed by atoms with Gasteiger partial charge in [-0.15, -0.1) is 0 Å². The Hall–Kier alpha value is -13.7. The fourth-order valence-corrected chi connectivity index (χ4v) is 16.7. The zero-order valence-electron chi connectivity index (χ0n) is 56.5. The van der Waals surface area contributed by atoms with E-state index in [9.17, 15) is 0 Å². The summed E-state index contributed by atoms with van der Waals surface area (Å²) in [6, 6.07) is 128. The molecule has 2 atom stereocenters. The van der Waals surface area contributed by atoms with Gasteiger partial charge in [-0.25, -0.2) is 19.9 Å². The quantitative estimate of drug-likeness (QED) is 0.137. The van der Waals surface area contributed by atoms with Gasteiger partial charge in [0, 0.05) is 72.7 Å². The highest BCUT2D eigenvalue weighted by Gasteiger charge is 2.42. The second-order valence-electron chi connectivity index (χ2n) is 27.6. The topological polar surface area (TPSA) is 59.7 Å². The fourth-order valence-electron chi connectivity index (χ4n) is 16.7. The van der Waals surface area contributed by atoms with Crippen molar-refractivity contribution in [2.45, 2.75) is 12.0 Å². The lowest BCUT2D eigenvalue weighted by molar-refractivity contribution is 0.727. The second-order valence-corrected chi connectivity index (χ2v) is 27.6. The predicted molar refractivity (Wildman–Crippen MR) is 433 cm³/mol. The van der Waals surface area contributed by atoms with Crippen LogP contribution in [0.3, 0.4) is 0 Å². The maximum atomic E-state index is 5.43. The molecule has 0 fully saturated rings. The third kappa shape index (κ3) is 9.86. The Morgan fingerprint density at radius 1 is 0.279 bits per heavy atom. The van der Waals surface area contributed by atoms with Gasteiger partial charge in [-0.1, -0.05) is 297 Å². The van der Waals surface area contributed by atoms with Gasteiger partial charge in [-0.05, 0) is 154 Å². The van der Waals surface area contributed by atoms with E-state index in [0.29, 0.717) is 11.6 Å². The van der Waals surface area contributed by atoms with Crippen LogP contribution in [0.25, 0.3) is 177 Å². The van der Waals surface area contributed by atoms with E-state index < -0.39 is 0 Å². The molecule has 16 aromatic carbocycles. The number of nitrogens with zero attached hydrogens (tertiary/aromatic N) is 6. The first-order valence-corrected chi connectivity index (χ1v) is 35.7. The summed E-state index contributed by atoms with van der Waals surface area (Å²) in [6.07, 6.45) is 4.71. The van der Waals surface area contributed by atoms with Gasteiger partial charge in [0.05, 0.1) is 39.9 Å². The van der Waals surface area contributed by atoms with E-state index in [1.807, 2.05) is 0 Å². The first kappa shape index (κ1) is 59.2. The van der Waals surface area contributed by atoms with Crippen LogP contribution in [0.1, 0.15) is 22.6 Å². The molecule has 484 valence electrons. The summed E-state index contributed by atoms with van der Waals surface area (Å²) >= 11 is 0. The zero-order chi connectivity index (χ0) is 68.3. The number of rotatable bonds is 10. The molecule has 0 radical (unpaired) electrons. The summed E-state index contributed by atoms with van der Waals surface area (Å²) in [7, 11) is 0. The molecule has 0 bridgehead atoms. The van der Waals surface area contributed by atoms with Crippen molar-refractivity contribution in [2.75, 3.05) is 4.90 Å². The average molecular weight is 1320 g/mol. The highest BCUT2D eigenvalue weighted by atomic mass is 15.2. The number of hydrogen-bond acceptors (Lipinski definition) is 5. The normalized spacial score (nSPS) is 13.9.